The highest BCUT2D eigenvalue weighted by Crippen LogP contribution is 2.08. The van der Waals surface area contributed by atoms with Crippen LogP contribution < -0.4 is 10.3 Å². The van der Waals surface area contributed by atoms with Crippen LogP contribution in [0.5, 0.6) is 5.75 Å². The number of hydrogen-bond acceptors (Lipinski definition) is 3. The summed E-state index contributed by atoms with van der Waals surface area (Å²) in [4.78, 5) is 12.4. The molecule has 0 aliphatic rings. The van der Waals surface area contributed by atoms with Crippen molar-refractivity contribution in [2.24, 2.45) is 5.92 Å². The molecule has 0 atom stereocenters. The van der Waals surface area contributed by atoms with Crippen LogP contribution in [0.15, 0.2) is 47.4 Å². The van der Waals surface area contributed by atoms with Gasteiger partial charge in [-0.15, -0.1) is 0 Å². The fraction of sp³-hybridized carbons (Fsp3) is 0.333. The first-order chi connectivity index (χ1) is 10.6. The van der Waals surface area contributed by atoms with E-state index < -0.39 is 0 Å². The van der Waals surface area contributed by atoms with Crippen LogP contribution in [0.25, 0.3) is 0 Å². The molecule has 0 saturated heterocycles. The van der Waals surface area contributed by atoms with Crippen LogP contribution in [0.1, 0.15) is 31.4 Å². The molecule has 0 aliphatic carbocycles. The number of nitriles is 1. The second-order valence-corrected chi connectivity index (χ2v) is 5.65. The lowest BCUT2D eigenvalue weighted by Gasteiger charge is -2.10. The van der Waals surface area contributed by atoms with E-state index in [0.717, 1.165) is 12.0 Å². The van der Waals surface area contributed by atoms with Crippen LogP contribution in [-0.4, -0.2) is 11.2 Å². The van der Waals surface area contributed by atoms with E-state index in [1.807, 2.05) is 18.2 Å². The van der Waals surface area contributed by atoms with E-state index in [0.29, 0.717) is 30.4 Å². The van der Waals surface area contributed by atoms with Crippen molar-refractivity contribution in [3.05, 3.63) is 64.1 Å². The topological polar surface area (TPSA) is 55.0 Å². The first kappa shape index (κ1) is 15.8. The first-order valence-electron chi connectivity index (χ1n) is 7.41. The lowest BCUT2D eigenvalue weighted by Crippen LogP contribution is -2.22. The summed E-state index contributed by atoms with van der Waals surface area (Å²) in [6, 6.07) is 12.8. The van der Waals surface area contributed by atoms with E-state index in [2.05, 4.69) is 19.9 Å². The van der Waals surface area contributed by atoms with Crippen molar-refractivity contribution in [3.8, 4) is 11.8 Å². The molecular formula is C18H20N2O2. The molecule has 0 saturated carbocycles. The van der Waals surface area contributed by atoms with Gasteiger partial charge in [0.1, 0.15) is 0 Å². The second kappa shape index (κ2) is 7.46. The maximum Gasteiger partial charge on any atom is 0.293 e. The molecule has 4 nitrogen and oxygen atoms in total. The van der Waals surface area contributed by atoms with Gasteiger partial charge in [-0.05, 0) is 42.2 Å². The highest BCUT2D eigenvalue weighted by atomic mass is 16.5. The zero-order valence-electron chi connectivity index (χ0n) is 13.0. The minimum Gasteiger partial charge on any atom is -0.488 e. The van der Waals surface area contributed by atoms with Gasteiger partial charge in [0.05, 0.1) is 24.8 Å². The van der Waals surface area contributed by atoms with Crippen LogP contribution >= 0.6 is 0 Å². The van der Waals surface area contributed by atoms with Crippen LogP contribution in [-0.2, 0) is 6.54 Å². The first-order valence-corrected chi connectivity index (χ1v) is 7.41. The third-order valence-electron chi connectivity index (χ3n) is 3.37. The average molecular weight is 296 g/mol. The van der Waals surface area contributed by atoms with E-state index in [-0.39, 0.29) is 5.56 Å². The van der Waals surface area contributed by atoms with Crippen LogP contribution in [0.3, 0.4) is 0 Å². The van der Waals surface area contributed by atoms with Crippen molar-refractivity contribution >= 4 is 0 Å². The fourth-order valence-electron chi connectivity index (χ4n) is 2.04. The van der Waals surface area contributed by atoms with Gasteiger partial charge in [0.25, 0.3) is 5.56 Å². The van der Waals surface area contributed by atoms with Gasteiger partial charge in [0.15, 0.2) is 5.75 Å². The normalized spacial score (nSPS) is 10.5. The van der Waals surface area contributed by atoms with E-state index in [1.54, 1.807) is 29.0 Å². The SMILES string of the molecule is CC(C)CCOc1cccn(Cc2ccc(C#N)cc2)c1=O. The third kappa shape index (κ3) is 4.23. The Kier molecular flexibility index (Phi) is 5.37. The largest absolute Gasteiger partial charge is 0.488 e. The molecule has 22 heavy (non-hydrogen) atoms. The van der Waals surface area contributed by atoms with Crippen LogP contribution in [0.2, 0.25) is 0 Å². The molecule has 0 unspecified atom stereocenters. The van der Waals surface area contributed by atoms with E-state index in [9.17, 15) is 4.79 Å². The molecule has 4 heteroatoms. The molecule has 0 spiro atoms. The van der Waals surface area contributed by atoms with Crippen molar-refractivity contribution in [1.29, 1.82) is 5.26 Å². The van der Waals surface area contributed by atoms with Gasteiger partial charge < -0.3 is 9.30 Å². The lowest BCUT2D eigenvalue weighted by atomic mass is 10.1. The molecule has 1 heterocycles. The third-order valence-corrected chi connectivity index (χ3v) is 3.37. The van der Waals surface area contributed by atoms with Crippen molar-refractivity contribution in [2.75, 3.05) is 6.61 Å². The Balaban J connectivity index is 2.11. The van der Waals surface area contributed by atoms with E-state index in [1.165, 1.54) is 0 Å². The Morgan fingerprint density at radius 3 is 2.59 bits per heavy atom. The summed E-state index contributed by atoms with van der Waals surface area (Å²) in [6.45, 7) is 5.26. The Bertz CT molecular complexity index is 709. The molecule has 0 fully saturated rings. The molecule has 114 valence electrons. The molecule has 0 radical (unpaired) electrons. The summed E-state index contributed by atoms with van der Waals surface area (Å²) in [5, 5.41) is 8.80. The van der Waals surface area contributed by atoms with Gasteiger partial charge in [0.2, 0.25) is 0 Å². The van der Waals surface area contributed by atoms with Gasteiger partial charge in [-0.2, -0.15) is 5.26 Å². The fourth-order valence-corrected chi connectivity index (χ4v) is 2.04. The van der Waals surface area contributed by atoms with Crippen molar-refractivity contribution in [3.63, 3.8) is 0 Å². The smallest absolute Gasteiger partial charge is 0.293 e. The number of nitrogens with zero attached hydrogens (tertiary/aromatic N) is 2. The average Bonchev–Trinajstić information content (AvgIpc) is 2.51. The Morgan fingerprint density at radius 2 is 1.95 bits per heavy atom. The van der Waals surface area contributed by atoms with Crippen molar-refractivity contribution in [2.45, 2.75) is 26.8 Å². The molecule has 1 aromatic heterocycles. The number of aromatic nitrogens is 1. The monoisotopic (exact) mass is 296 g/mol. The molecule has 1 aromatic carbocycles. The highest BCUT2D eigenvalue weighted by molar-refractivity contribution is 5.32. The van der Waals surface area contributed by atoms with Gasteiger partial charge >= 0.3 is 0 Å². The highest BCUT2D eigenvalue weighted by Gasteiger charge is 2.05. The van der Waals surface area contributed by atoms with Gasteiger partial charge in [-0.25, -0.2) is 0 Å². The summed E-state index contributed by atoms with van der Waals surface area (Å²) >= 11 is 0. The number of hydrogen-bond donors (Lipinski definition) is 0. The van der Waals surface area contributed by atoms with Crippen LogP contribution in [0.4, 0.5) is 0 Å². The van der Waals surface area contributed by atoms with Gasteiger partial charge in [-0.1, -0.05) is 26.0 Å². The Hall–Kier alpha value is -2.54. The minimum absolute atomic E-state index is 0.129. The lowest BCUT2D eigenvalue weighted by molar-refractivity contribution is 0.284. The standard InChI is InChI=1S/C18H20N2O2/c1-14(2)9-11-22-17-4-3-10-20(18(17)21)13-16-7-5-15(12-19)6-8-16/h3-8,10,14H,9,11,13H2,1-2H3. The number of benzene rings is 1. The predicted octanol–water partition coefficient (Wildman–Crippen LogP) is 3.19. The van der Waals surface area contributed by atoms with Crippen molar-refractivity contribution < 1.29 is 4.74 Å². The van der Waals surface area contributed by atoms with Gasteiger partial charge in [-0.3, -0.25) is 4.79 Å². The molecule has 0 aliphatic heterocycles. The second-order valence-electron chi connectivity index (χ2n) is 5.65. The quantitative estimate of drug-likeness (QED) is 0.822. The zero-order chi connectivity index (χ0) is 15.9. The predicted molar refractivity (Wildman–Crippen MR) is 85.9 cm³/mol. The van der Waals surface area contributed by atoms with Crippen LogP contribution in [0, 0.1) is 17.2 Å². The minimum atomic E-state index is -0.129. The van der Waals surface area contributed by atoms with E-state index in [4.69, 9.17) is 10.00 Å². The molecule has 0 amide bonds. The summed E-state index contributed by atoms with van der Waals surface area (Å²) in [7, 11) is 0. The van der Waals surface area contributed by atoms with E-state index >= 15 is 0 Å². The summed E-state index contributed by atoms with van der Waals surface area (Å²) in [5.74, 6) is 0.932. The number of pyridine rings is 1. The number of ether oxygens (including phenoxy) is 1. The Morgan fingerprint density at radius 1 is 1.23 bits per heavy atom. The molecule has 2 rings (SSSR count). The number of rotatable bonds is 6. The summed E-state index contributed by atoms with van der Waals surface area (Å²) < 4.78 is 7.20. The summed E-state index contributed by atoms with van der Waals surface area (Å²) in [5.41, 5.74) is 1.46. The maximum atomic E-state index is 12.4. The molecular weight excluding hydrogens is 276 g/mol. The zero-order valence-corrected chi connectivity index (χ0v) is 13.0. The van der Waals surface area contributed by atoms with Crippen molar-refractivity contribution in [1.82, 2.24) is 4.57 Å². The van der Waals surface area contributed by atoms with Gasteiger partial charge in [0, 0.05) is 6.20 Å². The summed E-state index contributed by atoms with van der Waals surface area (Å²) in [6.07, 6.45) is 2.67. The molecule has 2 aromatic rings. The maximum absolute atomic E-state index is 12.4. The Labute approximate surface area is 130 Å². The molecule has 0 bridgehead atoms. The molecule has 0 N–H and O–H groups in total.